The highest BCUT2D eigenvalue weighted by molar-refractivity contribution is 6.23. The minimum Gasteiger partial charge on any atom is -0.393 e. The fraction of sp³-hybridized carbons (Fsp3) is 0.632. The van der Waals surface area contributed by atoms with Crippen LogP contribution >= 0.6 is 11.6 Å². The molecule has 0 radical (unpaired) electrons. The van der Waals surface area contributed by atoms with Gasteiger partial charge in [-0.25, -0.2) is 0 Å². The number of rotatable bonds is 5. The first-order valence-corrected chi connectivity index (χ1v) is 8.82. The van der Waals surface area contributed by atoms with Crippen LogP contribution in [-0.4, -0.2) is 35.5 Å². The smallest absolute Gasteiger partial charge is 0.122 e. The van der Waals surface area contributed by atoms with Crippen LogP contribution in [0.3, 0.4) is 0 Å². The number of alkyl halides is 1. The van der Waals surface area contributed by atoms with Crippen molar-refractivity contribution >= 4 is 17.9 Å². The lowest BCUT2D eigenvalue weighted by Crippen LogP contribution is -2.47. The van der Waals surface area contributed by atoms with E-state index >= 15 is 0 Å². The van der Waals surface area contributed by atoms with Gasteiger partial charge in [0.15, 0.2) is 0 Å². The molecule has 0 amide bonds. The Morgan fingerprint density at radius 2 is 1.70 bits per heavy atom. The molecule has 1 aromatic carbocycles. The van der Waals surface area contributed by atoms with Gasteiger partial charge in [0.1, 0.15) is 11.3 Å². The molecule has 0 saturated carbocycles. The number of aliphatic hydroxyl groups is 1. The normalized spacial score (nSPS) is 20.2. The van der Waals surface area contributed by atoms with Crippen molar-refractivity contribution in [1.29, 1.82) is 0 Å². The maximum atomic E-state index is 10.9. The summed E-state index contributed by atoms with van der Waals surface area (Å²) in [6.07, 6.45) is 3.18. The summed E-state index contributed by atoms with van der Waals surface area (Å²) in [5, 5.41) is 9.74. The second-order valence-corrected chi connectivity index (χ2v) is 8.14. The first-order valence-electron chi connectivity index (χ1n) is 8.44. The van der Waals surface area contributed by atoms with Crippen LogP contribution in [0.5, 0.6) is 0 Å². The van der Waals surface area contributed by atoms with E-state index < -0.39 is 5.00 Å². The number of hydrogen-bond donors (Lipinski definition) is 1. The van der Waals surface area contributed by atoms with Gasteiger partial charge in [-0.2, -0.15) is 0 Å². The summed E-state index contributed by atoms with van der Waals surface area (Å²) in [5.74, 6) is 0. The number of aldehydes is 1. The average molecular weight is 338 g/mol. The molecule has 1 atom stereocenters. The summed E-state index contributed by atoms with van der Waals surface area (Å²) in [4.78, 5) is 12.4. The van der Waals surface area contributed by atoms with E-state index in [-0.39, 0.29) is 11.5 Å². The number of hydrogen-bond acceptors (Lipinski definition) is 3. The molecule has 23 heavy (non-hydrogen) atoms. The van der Waals surface area contributed by atoms with Crippen molar-refractivity contribution in [2.45, 2.75) is 63.0 Å². The standard InChI is InChI=1S/C19H28ClNO2/c1-18(2,3)15-5-7-16(8-6-15)19(20,11-4-14-22)21-12-9-17(23)10-13-21/h5-8,14,17,23H,4,9-13H2,1-3H3. The van der Waals surface area contributed by atoms with Gasteiger partial charge >= 0.3 is 0 Å². The average Bonchev–Trinajstić information content (AvgIpc) is 2.52. The molecule has 1 saturated heterocycles. The molecule has 0 aliphatic carbocycles. The molecule has 4 heteroatoms. The minimum absolute atomic E-state index is 0.103. The van der Waals surface area contributed by atoms with Crippen molar-refractivity contribution in [2.75, 3.05) is 13.1 Å². The van der Waals surface area contributed by atoms with Crippen LogP contribution in [0.25, 0.3) is 0 Å². The number of carbonyl (C=O) groups is 1. The molecule has 1 fully saturated rings. The first kappa shape index (κ1) is 18.4. The van der Waals surface area contributed by atoms with E-state index in [0.29, 0.717) is 12.8 Å². The van der Waals surface area contributed by atoms with Gasteiger partial charge in [-0.3, -0.25) is 4.90 Å². The number of piperidine rings is 1. The van der Waals surface area contributed by atoms with Crippen LogP contribution in [0, 0.1) is 0 Å². The first-order chi connectivity index (χ1) is 10.8. The molecule has 1 unspecified atom stereocenters. The zero-order valence-electron chi connectivity index (χ0n) is 14.4. The fourth-order valence-electron chi connectivity index (χ4n) is 3.18. The van der Waals surface area contributed by atoms with Crippen molar-refractivity contribution < 1.29 is 9.90 Å². The summed E-state index contributed by atoms with van der Waals surface area (Å²) in [6.45, 7) is 8.08. The van der Waals surface area contributed by atoms with Gasteiger partial charge in [-0.05, 0) is 35.8 Å². The number of likely N-dealkylation sites (tertiary alicyclic amines) is 1. The monoisotopic (exact) mass is 337 g/mol. The Morgan fingerprint density at radius 3 is 2.17 bits per heavy atom. The fourth-order valence-corrected chi connectivity index (χ4v) is 3.59. The van der Waals surface area contributed by atoms with Crippen LogP contribution in [0.4, 0.5) is 0 Å². The van der Waals surface area contributed by atoms with Crippen LogP contribution in [-0.2, 0) is 15.2 Å². The molecule has 2 rings (SSSR count). The second-order valence-electron chi connectivity index (χ2n) is 7.51. The van der Waals surface area contributed by atoms with E-state index in [9.17, 15) is 9.90 Å². The molecular weight excluding hydrogens is 310 g/mol. The van der Waals surface area contributed by atoms with Crippen LogP contribution < -0.4 is 0 Å². The maximum Gasteiger partial charge on any atom is 0.122 e. The van der Waals surface area contributed by atoms with Gasteiger partial charge in [0.25, 0.3) is 0 Å². The topological polar surface area (TPSA) is 40.5 Å². The number of aliphatic hydroxyl groups excluding tert-OH is 1. The van der Waals surface area contributed by atoms with Crippen molar-refractivity contribution in [3.05, 3.63) is 35.4 Å². The lowest BCUT2D eigenvalue weighted by Gasteiger charge is -2.43. The van der Waals surface area contributed by atoms with E-state index in [2.05, 4.69) is 49.9 Å². The maximum absolute atomic E-state index is 10.9. The minimum atomic E-state index is -0.669. The SMILES string of the molecule is CC(C)(C)c1ccc(C(Cl)(CCC=O)N2CCC(O)CC2)cc1. The second kappa shape index (κ2) is 7.33. The van der Waals surface area contributed by atoms with Crippen LogP contribution in [0.15, 0.2) is 24.3 Å². The molecule has 1 aromatic rings. The highest BCUT2D eigenvalue weighted by Gasteiger charge is 2.38. The Morgan fingerprint density at radius 1 is 1.17 bits per heavy atom. The molecule has 0 spiro atoms. The van der Waals surface area contributed by atoms with E-state index in [4.69, 9.17) is 11.6 Å². The molecule has 1 N–H and O–H groups in total. The molecule has 1 aliphatic rings. The van der Waals surface area contributed by atoms with Gasteiger partial charge < -0.3 is 9.90 Å². The lowest BCUT2D eigenvalue weighted by molar-refractivity contribution is -0.108. The Kier molecular flexibility index (Phi) is 5.88. The van der Waals surface area contributed by atoms with Gasteiger partial charge in [0.2, 0.25) is 0 Å². The van der Waals surface area contributed by atoms with Crippen LogP contribution in [0.2, 0.25) is 0 Å². The van der Waals surface area contributed by atoms with E-state index in [1.165, 1.54) is 5.56 Å². The highest BCUT2D eigenvalue weighted by atomic mass is 35.5. The zero-order chi connectivity index (χ0) is 17.1. The molecule has 0 aromatic heterocycles. The van der Waals surface area contributed by atoms with Gasteiger partial charge in [-0.15, -0.1) is 0 Å². The summed E-state index contributed by atoms with van der Waals surface area (Å²) >= 11 is 7.02. The predicted molar refractivity (Wildman–Crippen MR) is 94.8 cm³/mol. The molecule has 0 bridgehead atoms. The Labute approximate surface area is 144 Å². The summed E-state index contributed by atoms with van der Waals surface area (Å²) in [7, 11) is 0. The summed E-state index contributed by atoms with van der Waals surface area (Å²) in [5.41, 5.74) is 2.40. The quantitative estimate of drug-likeness (QED) is 0.504. The van der Waals surface area contributed by atoms with E-state index in [0.717, 1.165) is 37.8 Å². The number of nitrogens with zero attached hydrogens (tertiary/aromatic N) is 1. The van der Waals surface area contributed by atoms with Crippen molar-refractivity contribution in [1.82, 2.24) is 4.90 Å². The number of benzene rings is 1. The lowest BCUT2D eigenvalue weighted by atomic mass is 9.85. The van der Waals surface area contributed by atoms with Crippen molar-refractivity contribution in [2.24, 2.45) is 0 Å². The van der Waals surface area contributed by atoms with Gasteiger partial charge in [0, 0.05) is 19.5 Å². The zero-order valence-corrected chi connectivity index (χ0v) is 15.1. The molecule has 128 valence electrons. The Balaban J connectivity index is 2.28. The summed E-state index contributed by atoms with van der Waals surface area (Å²) in [6, 6.07) is 8.44. The van der Waals surface area contributed by atoms with Gasteiger partial charge in [-0.1, -0.05) is 56.6 Å². The molecule has 1 heterocycles. The molecule has 1 aliphatic heterocycles. The Hall–Kier alpha value is -0.900. The predicted octanol–water partition coefficient (Wildman–Crippen LogP) is 3.81. The third kappa shape index (κ3) is 4.34. The van der Waals surface area contributed by atoms with Crippen molar-refractivity contribution in [3.63, 3.8) is 0 Å². The van der Waals surface area contributed by atoms with E-state index in [1.807, 2.05) is 0 Å². The number of halogens is 1. The van der Waals surface area contributed by atoms with Crippen molar-refractivity contribution in [3.8, 4) is 0 Å². The van der Waals surface area contributed by atoms with E-state index in [1.54, 1.807) is 0 Å². The Bertz CT molecular complexity index is 515. The number of carbonyl (C=O) groups excluding carboxylic acids is 1. The molecule has 3 nitrogen and oxygen atoms in total. The molecular formula is C19H28ClNO2. The van der Waals surface area contributed by atoms with Gasteiger partial charge in [0.05, 0.1) is 6.10 Å². The largest absolute Gasteiger partial charge is 0.393 e. The third-order valence-electron chi connectivity index (χ3n) is 4.75. The van der Waals surface area contributed by atoms with Crippen LogP contribution in [0.1, 0.15) is 57.6 Å². The highest BCUT2D eigenvalue weighted by Crippen LogP contribution is 2.40. The summed E-state index contributed by atoms with van der Waals surface area (Å²) < 4.78 is 0. The third-order valence-corrected chi connectivity index (χ3v) is 5.40.